The highest BCUT2D eigenvalue weighted by atomic mass is 16.6. The van der Waals surface area contributed by atoms with Gasteiger partial charge in [0.15, 0.2) is 0 Å². The Morgan fingerprint density at radius 1 is 0.500 bits per heavy atom. The molecule has 0 bridgehead atoms. The van der Waals surface area contributed by atoms with E-state index in [1.165, 1.54) is 13.8 Å². The molecule has 0 unspecified atom stereocenters. The largest absolute Gasteiger partial charge is 0.460 e. The molecule has 0 rings (SSSR count). The van der Waals surface area contributed by atoms with Crippen molar-refractivity contribution in [3.05, 3.63) is 50.6 Å². The molecule has 0 fully saturated rings. The molecule has 14 heteroatoms. The molecule has 0 radical (unpaired) electrons. The van der Waals surface area contributed by atoms with Crippen LogP contribution in [-0.4, -0.2) is 86.8 Å². The summed E-state index contributed by atoms with van der Waals surface area (Å²) >= 11 is 0. The van der Waals surface area contributed by atoms with Gasteiger partial charge >= 0.3 is 36.1 Å². The molecule has 0 aliphatic heterocycles. The van der Waals surface area contributed by atoms with Gasteiger partial charge < -0.3 is 39.1 Å². The number of amides is 2. The Hall–Kier alpha value is -4.62. The van der Waals surface area contributed by atoms with Crippen molar-refractivity contribution in [3.63, 3.8) is 0 Å². The molecule has 0 aliphatic rings. The van der Waals surface area contributed by atoms with Crippen LogP contribution in [0.5, 0.6) is 0 Å². The third kappa shape index (κ3) is 17.9. The third-order valence-electron chi connectivity index (χ3n) is 5.11. The molecule has 0 heterocycles. The summed E-state index contributed by atoms with van der Waals surface area (Å²) in [6.07, 6.45) is 4.53. The number of nitrogens with one attached hydrogen (secondary N) is 2. The number of unbranched alkanes of at least 4 members (excludes halogenated alkanes) is 3. The highest BCUT2D eigenvalue weighted by Gasteiger charge is 2.32. The fourth-order valence-electron chi connectivity index (χ4n) is 2.84. The van der Waals surface area contributed by atoms with Crippen LogP contribution in [0.2, 0.25) is 0 Å². The molecular formula is C28H40N2O12. The zero-order chi connectivity index (χ0) is 32.0. The summed E-state index contributed by atoms with van der Waals surface area (Å²) in [4.78, 5) is 70.0. The van der Waals surface area contributed by atoms with Gasteiger partial charge in [-0.1, -0.05) is 26.3 Å². The van der Waals surface area contributed by atoms with E-state index < -0.39 is 47.1 Å². The predicted molar refractivity (Wildman–Crippen MR) is 149 cm³/mol. The number of hydrogen-bond acceptors (Lipinski definition) is 12. The van der Waals surface area contributed by atoms with Crippen molar-refractivity contribution in [2.45, 2.75) is 50.6 Å². The van der Waals surface area contributed by atoms with E-state index in [0.717, 1.165) is 24.3 Å². The topological polar surface area (TPSA) is 182 Å². The molecular weight excluding hydrogens is 556 g/mol. The third-order valence-corrected chi connectivity index (χ3v) is 5.11. The summed E-state index contributed by atoms with van der Waals surface area (Å²) in [5.41, 5.74) is -2.52. The molecule has 234 valence electrons. The quantitative estimate of drug-likeness (QED) is 0.0856. The lowest BCUT2D eigenvalue weighted by Crippen LogP contribution is -2.53. The first kappa shape index (κ1) is 37.4. The van der Waals surface area contributed by atoms with Gasteiger partial charge in [-0.05, 0) is 39.5 Å². The average molecular weight is 597 g/mol. The van der Waals surface area contributed by atoms with Gasteiger partial charge in [0.1, 0.15) is 37.5 Å². The van der Waals surface area contributed by atoms with E-state index in [1.807, 2.05) is 0 Å². The second-order valence-corrected chi connectivity index (χ2v) is 9.30. The summed E-state index contributed by atoms with van der Waals surface area (Å²) in [7, 11) is 0. The number of alkyl carbamates (subject to hydrolysis) is 2. The molecule has 0 aromatic carbocycles. The standard InChI is InChI=1S/C28H40N2O12/c1-7-21(31)39-17-27(5,18-40-22(32)8-2)29-25(35)37-15-13-11-12-14-16-38-26(36)30-28(6,19-41-23(33)9-3)20-42-24(34)10-4/h7-10H,1-4,11-20H2,5-6H3,(H,29,35)(H,30,36). The average Bonchev–Trinajstić information content (AvgIpc) is 2.97. The van der Waals surface area contributed by atoms with E-state index in [-0.39, 0.29) is 39.6 Å². The van der Waals surface area contributed by atoms with Crippen LogP contribution in [0.1, 0.15) is 39.5 Å². The fraction of sp³-hybridized carbons (Fsp3) is 0.500. The Morgan fingerprint density at radius 3 is 1.00 bits per heavy atom. The molecule has 42 heavy (non-hydrogen) atoms. The van der Waals surface area contributed by atoms with Gasteiger partial charge in [-0.2, -0.15) is 0 Å². The number of carbonyl (C=O) groups excluding carboxylic acids is 6. The minimum atomic E-state index is -1.26. The van der Waals surface area contributed by atoms with Gasteiger partial charge in [0, 0.05) is 24.3 Å². The molecule has 0 aromatic heterocycles. The van der Waals surface area contributed by atoms with Crippen LogP contribution < -0.4 is 10.6 Å². The van der Waals surface area contributed by atoms with Gasteiger partial charge in [0.05, 0.1) is 13.2 Å². The molecule has 0 saturated carbocycles. The summed E-state index contributed by atoms with van der Waals surface area (Å²) in [6.45, 7) is 15.1. The lowest BCUT2D eigenvalue weighted by Gasteiger charge is -2.29. The summed E-state index contributed by atoms with van der Waals surface area (Å²) in [5, 5.41) is 5.04. The van der Waals surface area contributed by atoms with Crippen LogP contribution in [0.25, 0.3) is 0 Å². The predicted octanol–water partition coefficient (Wildman–Crippen LogP) is 2.43. The maximum Gasteiger partial charge on any atom is 0.407 e. The minimum absolute atomic E-state index is 0.0767. The monoisotopic (exact) mass is 596 g/mol. The molecule has 14 nitrogen and oxygen atoms in total. The van der Waals surface area contributed by atoms with Crippen molar-refractivity contribution in [1.82, 2.24) is 10.6 Å². The number of esters is 4. The highest BCUT2D eigenvalue weighted by molar-refractivity contribution is 5.82. The van der Waals surface area contributed by atoms with Gasteiger partial charge in [0.25, 0.3) is 0 Å². The van der Waals surface area contributed by atoms with Gasteiger partial charge in [-0.25, -0.2) is 28.8 Å². The van der Waals surface area contributed by atoms with E-state index in [9.17, 15) is 28.8 Å². The Balaban J connectivity index is 4.46. The molecule has 0 aliphatic carbocycles. The van der Waals surface area contributed by atoms with Crippen molar-refractivity contribution < 1.29 is 57.2 Å². The number of ether oxygens (including phenoxy) is 6. The normalized spacial score (nSPS) is 10.6. The minimum Gasteiger partial charge on any atom is -0.460 e. The Morgan fingerprint density at radius 2 is 0.762 bits per heavy atom. The molecule has 2 amide bonds. The number of rotatable bonds is 21. The summed E-state index contributed by atoms with van der Waals surface area (Å²) in [5.74, 6) is -2.87. The molecule has 0 atom stereocenters. The second kappa shape index (κ2) is 20.3. The maximum absolute atomic E-state index is 12.2. The zero-order valence-corrected chi connectivity index (χ0v) is 24.1. The van der Waals surface area contributed by atoms with Crippen molar-refractivity contribution in [2.75, 3.05) is 39.6 Å². The summed E-state index contributed by atoms with van der Waals surface area (Å²) < 4.78 is 30.2. The highest BCUT2D eigenvalue weighted by Crippen LogP contribution is 2.10. The first-order chi connectivity index (χ1) is 19.8. The molecule has 2 N–H and O–H groups in total. The first-order valence-corrected chi connectivity index (χ1v) is 12.9. The van der Waals surface area contributed by atoms with Crippen LogP contribution >= 0.6 is 0 Å². The van der Waals surface area contributed by atoms with Crippen molar-refractivity contribution in [3.8, 4) is 0 Å². The Labute approximate surface area is 245 Å². The lowest BCUT2D eigenvalue weighted by atomic mass is 10.1. The van der Waals surface area contributed by atoms with Crippen LogP contribution in [0.4, 0.5) is 9.59 Å². The smallest absolute Gasteiger partial charge is 0.407 e. The zero-order valence-electron chi connectivity index (χ0n) is 24.1. The van der Waals surface area contributed by atoms with Crippen LogP contribution in [0.15, 0.2) is 50.6 Å². The fourth-order valence-corrected chi connectivity index (χ4v) is 2.84. The first-order valence-electron chi connectivity index (χ1n) is 12.9. The van der Waals surface area contributed by atoms with Crippen molar-refractivity contribution >= 4 is 36.1 Å². The molecule has 0 spiro atoms. The SMILES string of the molecule is C=CC(=O)OCC(C)(COC(=O)C=C)NC(=O)OCCCCCCOC(=O)NC(C)(COC(=O)C=C)COC(=O)C=C. The van der Waals surface area contributed by atoms with Crippen LogP contribution in [0, 0.1) is 0 Å². The number of carbonyl (C=O) groups is 6. The van der Waals surface area contributed by atoms with Gasteiger partial charge in [-0.3, -0.25) is 0 Å². The second-order valence-electron chi connectivity index (χ2n) is 9.30. The van der Waals surface area contributed by atoms with Gasteiger partial charge in [-0.15, -0.1) is 0 Å². The Bertz CT molecular complexity index is 865. The summed E-state index contributed by atoms with van der Waals surface area (Å²) in [6, 6.07) is 0. The van der Waals surface area contributed by atoms with Crippen LogP contribution in [0.3, 0.4) is 0 Å². The lowest BCUT2D eigenvalue weighted by molar-refractivity contribution is -0.146. The molecule has 0 saturated heterocycles. The molecule has 0 aromatic rings. The van der Waals surface area contributed by atoms with E-state index in [4.69, 9.17) is 28.4 Å². The van der Waals surface area contributed by atoms with Crippen molar-refractivity contribution in [2.24, 2.45) is 0 Å². The number of hydrogen-bond donors (Lipinski definition) is 2. The van der Waals surface area contributed by atoms with E-state index in [2.05, 4.69) is 36.9 Å². The van der Waals surface area contributed by atoms with E-state index >= 15 is 0 Å². The van der Waals surface area contributed by atoms with Crippen LogP contribution in [-0.2, 0) is 47.6 Å². The van der Waals surface area contributed by atoms with E-state index in [1.54, 1.807) is 0 Å². The van der Waals surface area contributed by atoms with Gasteiger partial charge in [0.2, 0.25) is 0 Å². The maximum atomic E-state index is 12.2. The van der Waals surface area contributed by atoms with Crippen molar-refractivity contribution in [1.29, 1.82) is 0 Å². The Kier molecular flexibility index (Phi) is 18.1. The van der Waals surface area contributed by atoms with E-state index in [0.29, 0.717) is 25.7 Å².